The molecule has 26 heavy (non-hydrogen) atoms. The summed E-state index contributed by atoms with van der Waals surface area (Å²) in [6.45, 7) is 3.96. The molecular formula is C20H19ClN2O2S. The summed E-state index contributed by atoms with van der Waals surface area (Å²) < 4.78 is 5.71. The number of amidine groups is 1. The van der Waals surface area contributed by atoms with Crippen molar-refractivity contribution in [3.05, 3.63) is 64.0 Å². The van der Waals surface area contributed by atoms with Crippen LogP contribution in [-0.2, 0) is 4.79 Å². The smallest absolute Gasteiger partial charge is 0.266 e. The van der Waals surface area contributed by atoms with Gasteiger partial charge in [-0.3, -0.25) is 9.69 Å². The molecule has 4 nitrogen and oxygen atoms in total. The lowest BCUT2D eigenvalue weighted by Crippen LogP contribution is -2.23. The van der Waals surface area contributed by atoms with Crippen molar-refractivity contribution in [1.82, 2.24) is 4.90 Å². The van der Waals surface area contributed by atoms with Crippen LogP contribution in [0.1, 0.15) is 19.4 Å². The van der Waals surface area contributed by atoms with Crippen LogP contribution < -0.4 is 4.74 Å². The Balaban J connectivity index is 1.87. The number of carbonyl (C=O) groups excluding carboxylic acids is 1. The molecule has 0 aromatic heterocycles. The summed E-state index contributed by atoms with van der Waals surface area (Å²) in [5.74, 6) is 0.694. The first-order valence-electron chi connectivity index (χ1n) is 8.21. The monoisotopic (exact) mass is 386 g/mol. The zero-order chi connectivity index (χ0) is 18.7. The molecule has 0 spiro atoms. The molecular weight excluding hydrogens is 368 g/mol. The van der Waals surface area contributed by atoms with Gasteiger partial charge in [0.05, 0.1) is 21.7 Å². The van der Waals surface area contributed by atoms with Gasteiger partial charge in [-0.05, 0) is 61.5 Å². The third-order valence-electron chi connectivity index (χ3n) is 3.60. The van der Waals surface area contributed by atoms with Crippen LogP contribution in [-0.4, -0.2) is 29.1 Å². The van der Waals surface area contributed by atoms with E-state index in [1.165, 1.54) is 16.7 Å². The number of aliphatic imine (C=N–C) groups is 1. The summed E-state index contributed by atoms with van der Waals surface area (Å²) in [6, 6.07) is 15.0. The predicted molar refractivity (Wildman–Crippen MR) is 109 cm³/mol. The molecule has 1 aliphatic heterocycles. The van der Waals surface area contributed by atoms with E-state index in [1.54, 1.807) is 13.1 Å². The minimum absolute atomic E-state index is 0.0871. The fraction of sp³-hybridized carbons (Fsp3) is 0.200. The summed E-state index contributed by atoms with van der Waals surface area (Å²) in [4.78, 5) is 19.2. The zero-order valence-corrected chi connectivity index (χ0v) is 16.3. The minimum Gasteiger partial charge on any atom is -0.491 e. The molecule has 3 rings (SSSR count). The Labute approximate surface area is 162 Å². The molecule has 1 amide bonds. The number of nitrogens with zero attached hydrogens (tertiary/aromatic N) is 2. The number of thioether (sulfide) groups is 1. The molecule has 6 heteroatoms. The molecule has 134 valence electrons. The van der Waals surface area contributed by atoms with Crippen molar-refractivity contribution in [3.8, 4) is 5.75 Å². The topological polar surface area (TPSA) is 41.9 Å². The van der Waals surface area contributed by atoms with Crippen LogP contribution >= 0.6 is 23.4 Å². The molecule has 0 radical (unpaired) electrons. The summed E-state index contributed by atoms with van der Waals surface area (Å²) in [6.07, 6.45) is 1.95. The number of benzene rings is 2. The van der Waals surface area contributed by atoms with Crippen molar-refractivity contribution in [3.63, 3.8) is 0 Å². The van der Waals surface area contributed by atoms with E-state index >= 15 is 0 Å². The van der Waals surface area contributed by atoms with Gasteiger partial charge in [-0.15, -0.1) is 0 Å². The lowest BCUT2D eigenvalue weighted by atomic mass is 10.2. The minimum atomic E-state index is -0.0871. The number of carbonyl (C=O) groups is 1. The van der Waals surface area contributed by atoms with Gasteiger partial charge in [0, 0.05) is 7.05 Å². The molecule has 1 aliphatic rings. The van der Waals surface area contributed by atoms with Crippen molar-refractivity contribution in [2.75, 3.05) is 7.05 Å². The fourth-order valence-electron chi connectivity index (χ4n) is 2.40. The van der Waals surface area contributed by atoms with Gasteiger partial charge in [-0.1, -0.05) is 35.9 Å². The molecule has 1 fully saturated rings. The van der Waals surface area contributed by atoms with Gasteiger partial charge in [0.1, 0.15) is 5.75 Å². The Bertz CT molecular complexity index is 893. The number of para-hydroxylation sites is 1. The van der Waals surface area contributed by atoms with Crippen LogP contribution in [0, 0.1) is 0 Å². The van der Waals surface area contributed by atoms with E-state index in [0.29, 0.717) is 20.8 Å². The molecule has 2 aromatic carbocycles. The van der Waals surface area contributed by atoms with Gasteiger partial charge in [-0.25, -0.2) is 4.99 Å². The average Bonchev–Trinajstić information content (AvgIpc) is 2.85. The highest BCUT2D eigenvalue weighted by molar-refractivity contribution is 8.18. The van der Waals surface area contributed by atoms with Crippen LogP contribution in [0.2, 0.25) is 5.02 Å². The predicted octanol–water partition coefficient (Wildman–Crippen LogP) is 5.36. The van der Waals surface area contributed by atoms with E-state index in [4.69, 9.17) is 16.3 Å². The molecule has 0 N–H and O–H groups in total. The van der Waals surface area contributed by atoms with Gasteiger partial charge in [0.25, 0.3) is 5.91 Å². The number of hydrogen-bond acceptors (Lipinski definition) is 4. The number of likely N-dealkylation sites (N-methyl/N-ethyl adjacent to an activating group) is 1. The largest absolute Gasteiger partial charge is 0.491 e. The Kier molecular flexibility index (Phi) is 5.69. The molecule has 2 aromatic rings. The van der Waals surface area contributed by atoms with E-state index in [-0.39, 0.29) is 12.0 Å². The van der Waals surface area contributed by atoms with Crippen molar-refractivity contribution < 1.29 is 9.53 Å². The lowest BCUT2D eigenvalue weighted by molar-refractivity contribution is -0.121. The van der Waals surface area contributed by atoms with Gasteiger partial charge < -0.3 is 4.74 Å². The highest BCUT2D eigenvalue weighted by atomic mass is 35.5. The van der Waals surface area contributed by atoms with E-state index in [9.17, 15) is 4.79 Å². The van der Waals surface area contributed by atoms with Crippen LogP contribution in [0.25, 0.3) is 6.08 Å². The maximum Gasteiger partial charge on any atom is 0.266 e. The van der Waals surface area contributed by atoms with Crippen LogP contribution in [0.3, 0.4) is 0 Å². The first kappa shape index (κ1) is 18.5. The standard InChI is InChI=1S/C20H19ClN2O2S/c1-13(2)25-15-8-6-7-14(11-15)12-18-19(24)23(3)20(26-18)22-17-10-5-4-9-16(17)21/h4-13H,1-3H3/b18-12+,22-20?. The normalized spacial score (nSPS) is 17.6. The third-order valence-corrected chi connectivity index (χ3v) is 4.98. The maximum absolute atomic E-state index is 12.5. The van der Waals surface area contributed by atoms with E-state index in [2.05, 4.69) is 4.99 Å². The highest BCUT2D eigenvalue weighted by Gasteiger charge is 2.30. The van der Waals surface area contributed by atoms with Crippen LogP contribution in [0.15, 0.2) is 58.4 Å². The van der Waals surface area contributed by atoms with Crippen LogP contribution in [0.4, 0.5) is 5.69 Å². The van der Waals surface area contributed by atoms with Gasteiger partial charge in [0.2, 0.25) is 0 Å². The Morgan fingerprint density at radius 2 is 1.96 bits per heavy atom. The molecule has 0 aliphatic carbocycles. The Morgan fingerprint density at radius 3 is 2.69 bits per heavy atom. The first-order chi connectivity index (χ1) is 12.4. The second kappa shape index (κ2) is 7.98. The van der Waals surface area contributed by atoms with Crippen molar-refractivity contribution in [1.29, 1.82) is 0 Å². The molecule has 0 unspecified atom stereocenters. The van der Waals surface area contributed by atoms with E-state index in [0.717, 1.165) is 11.3 Å². The first-order valence-corrected chi connectivity index (χ1v) is 9.41. The summed E-state index contributed by atoms with van der Waals surface area (Å²) in [5.41, 5.74) is 1.55. The van der Waals surface area contributed by atoms with Crippen molar-refractivity contribution in [2.24, 2.45) is 4.99 Å². The van der Waals surface area contributed by atoms with Gasteiger partial charge in [0.15, 0.2) is 5.17 Å². The average molecular weight is 387 g/mol. The Hall–Kier alpha value is -2.24. The van der Waals surface area contributed by atoms with E-state index in [1.807, 2.05) is 62.4 Å². The Morgan fingerprint density at radius 1 is 1.19 bits per heavy atom. The summed E-state index contributed by atoms with van der Waals surface area (Å²) in [5, 5.41) is 1.15. The van der Waals surface area contributed by atoms with E-state index < -0.39 is 0 Å². The van der Waals surface area contributed by atoms with Crippen molar-refractivity contribution >= 4 is 46.2 Å². The maximum atomic E-state index is 12.5. The van der Waals surface area contributed by atoms with Crippen molar-refractivity contribution in [2.45, 2.75) is 20.0 Å². The second-order valence-electron chi connectivity index (χ2n) is 6.06. The van der Waals surface area contributed by atoms with Gasteiger partial charge >= 0.3 is 0 Å². The molecule has 0 atom stereocenters. The molecule has 0 bridgehead atoms. The third kappa shape index (κ3) is 4.29. The second-order valence-corrected chi connectivity index (χ2v) is 7.48. The number of rotatable bonds is 4. The lowest BCUT2D eigenvalue weighted by Gasteiger charge is -2.09. The molecule has 1 heterocycles. The fourth-order valence-corrected chi connectivity index (χ4v) is 3.56. The number of amides is 1. The quantitative estimate of drug-likeness (QED) is 0.664. The van der Waals surface area contributed by atoms with Gasteiger partial charge in [-0.2, -0.15) is 0 Å². The number of hydrogen-bond donors (Lipinski definition) is 0. The highest BCUT2D eigenvalue weighted by Crippen LogP contribution is 2.35. The summed E-state index contributed by atoms with van der Waals surface area (Å²) >= 11 is 7.50. The molecule has 1 saturated heterocycles. The number of ether oxygens (including phenoxy) is 1. The number of halogens is 1. The molecule has 0 saturated carbocycles. The zero-order valence-electron chi connectivity index (χ0n) is 14.8. The van der Waals surface area contributed by atoms with Crippen LogP contribution in [0.5, 0.6) is 5.75 Å². The summed E-state index contributed by atoms with van der Waals surface area (Å²) in [7, 11) is 1.71. The SMILES string of the molecule is CC(C)Oc1cccc(/C=C2/SC(=Nc3ccccc3Cl)N(C)C2=O)c1.